The number of hydrogen-bond acceptors (Lipinski definition) is 5. The molecule has 0 bridgehead atoms. The average Bonchev–Trinajstić information content (AvgIpc) is 2.65. The van der Waals surface area contributed by atoms with Gasteiger partial charge in [0, 0.05) is 5.69 Å². The quantitative estimate of drug-likeness (QED) is 0.694. The van der Waals surface area contributed by atoms with E-state index in [2.05, 4.69) is 5.32 Å². The Kier molecular flexibility index (Phi) is 6.93. The Balaban J connectivity index is 1.84. The van der Waals surface area contributed by atoms with Crippen LogP contribution in [0.25, 0.3) is 0 Å². The minimum absolute atomic E-state index is 0.160. The monoisotopic (exact) mass is 370 g/mol. The van der Waals surface area contributed by atoms with Crippen LogP contribution < -0.4 is 15.8 Å². The third-order valence-electron chi connectivity index (χ3n) is 3.72. The van der Waals surface area contributed by atoms with Gasteiger partial charge < -0.3 is 20.5 Å². The number of carbonyl (C=O) groups excluding carboxylic acids is 3. The summed E-state index contributed by atoms with van der Waals surface area (Å²) in [5.74, 6) is -1.43. The van der Waals surface area contributed by atoms with Crippen LogP contribution in [-0.4, -0.2) is 31.0 Å². The van der Waals surface area contributed by atoms with Gasteiger partial charge in [-0.1, -0.05) is 44.2 Å². The standard InChI is InChI=1S/C20H22N2O5/c1-13(2)14-7-3-5-9-16(14)22-18(23)11-27-19(24)12-26-17-10-6-4-8-15(17)20(21)25/h3-10,13H,11-12H2,1-2H3,(H2,21,25)(H,22,23). The van der Waals surface area contributed by atoms with E-state index in [1.54, 1.807) is 18.2 Å². The summed E-state index contributed by atoms with van der Waals surface area (Å²) in [5, 5.41) is 2.73. The molecule has 0 saturated carbocycles. The zero-order chi connectivity index (χ0) is 19.8. The summed E-state index contributed by atoms with van der Waals surface area (Å²) in [4.78, 5) is 35.1. The van der Waals surface area contributed by atoms with E-state index in [0.29, 0.717) is 5.69 Å². The predicted molar refractivity (Wildman–Crippen MR) is 101 cm³/mol. The van der Waals surface area contributed by atoms with E-state index in [1.165, 1.54) is 12.1 Å². The van der Waals surface area contributed by atoms with E-state index < -0.39 is 31.0 Å². The second kappa shape index (κ2) is 9.38. The fourth-order valence-electron chi connectivity index (χ4n) is 2.42. The van der Waals surface area contributed by atoms with Crippen molar-refractivity contribution in [1.82, 2.24) is 0 Å². The van der Waals surface area contributed by atoms with Crippen molar-refractivity contribution in [3.05, 3.63) is 59.7 Å². The first-order valence-corrected chi connectivity index (χ1v) is 8.44. The van der Waals surface area contributed by atoms with Gasteiger partial charge in [-0.05, 0) is 29.7 Å². The van der Waals surface area contributed by atoms with Gasteiger partial charge in [0.05, 0.1) is 5.56 Å². The van der Waals surface area contributed by atoms with Crippen LogP contribution in [0.4, 0.5) is 5.69 Å². The lowest BCUT2D eigenvalue weighted by Crippen LogP contribution is -2.24. The van der Waals surface area contributed by atoms with Gasteiger partial charge in [0.1, 0.15) is 5.75 Å². The molecule has 2 rings (SSSR count). The normalized spacial score (nSPS) is 10.3. The Labute approximate surface area is 157 Å². The lowest BCUT2D eigenvalue weighted by molar-refractivity contribution is -0.149. The average molecular weight is 370 g/mol. The molecule has 0 saturated heterocycles. The number of anilines is 1. The molecular weight excluding hydrogens is 348 g/mol. The van der Waals surface area contributed by atoms with Gasteiger partial charge in [-0.2, -0.15) is 0 Å². The maximum atomic E-state index is 12.0. The number of benzene rings is 2. The summed E-state index contributed by atoms with van der Waals surface area (Å²) in [5.41, 5.74) is 7.07. The molecule has 0 atom stereocenters. The highest BCUT2D eigenvalue weighted by Crippen LogP contribution is 2.23. The van der Waals surface area contributed by atoms with Crippen LogP contribution in [0.3, 0.4) is 0 Å². The molecule has 0 spiro atoms. The molecule has 2 amide bonds. The van der Waals surface area contributed by atoms with Gasteiger partial charge >= 0.3 is 5.97 Å². The minimum Gasteiger partial charge on any atom is -0.481 e. The van der Waals surface area contributed by atoms with Gasteiger partial charge in [-0.3, -0.25) is 9.59 Å². The second-order valence-electron chi connectivity index (χ2n) is 6.10. The third kappa shape index (κ3) is 5.85. The topological polar surface area (TPSA) is 108 Å². The number of para-hydroxylation sites is 2. The Hall–Kier alpha value is -3.35. The lowest BCUT2D eigenvalue weighted by atomic mass is 10.0. The van der Waals surface area contributed by atoms with Crippen LogP contribution in [0.5, 0.6) is 5.75 Å². The number of hydrogen-bond donors (Lipinski definition) is 2. The van der Waals surface area contributed by atoms with Gasteiger partial charge in [0.2, 0.25) is 0 Å². The van der Waals surface area contributed by atoms with Gasteiger partial charge in [0.15, 0.2) is 13.2 Å². The van der Waals surface area contributed by atoms with Gasteiger partial charge in [-0.15, -0.1) is 0 Å². The van der Waals surface area contributed by atoms with E-state index in [-0.39, 0.29) is 17.2 Å². The molecule has 0 radical (unpaired) electrons. The number of nitrogens with two attached hydrogens (primary N) is 1. The third-order valence-corrected chi connectivity index (χ3v) is 3.72. The van der Waals surface area contributed by atoms with Crippen molar-refractivity contribution in [3.63, 3.8) is 0 Å². The smallest absolute Gasteiger partial charge is 0.344 e. The summed E-state index contributed by atoms with van der Waals surface area (Å²) in [6.07, 6.45) is 0. The summed E-state index contributed by atoms with van der Waals surface area (Å²) < 4.78 is 10.2. The van der Waals surface area contributed by atoms with Crippen LogP contribution >= 0.6 is 0 Å². The Morgan fingerprint density at radius 1 is 1.00 bits per heavy atom. The Morgan fingerprint density at radius 2 is 1.67 bits per heavy atom. The first-order chi connectivity index (χ1) is 12.9. The fraction of sp³-hybridized carbons (Fsp3) is 0.250. The number of carbonyl (C=O) groups is 3. The zero-order valence-electron chi connectivity index (χ0n) is 15.2. The van der Waals surface area contributed by atoms with Crippen molar-refractivity contribution in [2.75, 3.05) is 18.5 Å². The highest BCUT2D eigenvalue weighted by molar-refractivity contribution is 5.96. The van der Waals surface area contributed by atoms with E-state index in [1.807, 2.05) is 32.0 Å². The van der Waals surface area contributed by atoms with Gasteiger partial charge in [-0.25, -0.2) is 4.79 Å². The fourth-order valence-corrected chi connectivity index (χ4v) is 2.42. The second-order valence-corrected chi connectivity index (χ2v) is 6.10. The maximum absolute atomic E-state index is 12.0. The largest absolute Gasteiger partial charge is 0.481 e. The lowest BCUT2D eigenvalue weighted by Gasteiger charge is -2.14. The minimum atomic E-state index is -0.735. The molecule has 2 aromatic rings. The van der Waals surface area contributed by atoms with Crippen molar-refractivity contribution < 1.29 is 23.9 Å². The number of ether oxygens (including phenoxy) is 2. The van der Waals surface area contributed by atoms with Crippen LogP contribution in [-0.2, 0) is 14.3 Å². The Bertz CT molecular complexity index is 833. The van der Waals surface area contributed by atoms with Crippen LogP contribution in [0.15, 0.2) is 48.5 Å². The highest BCUT2D eigenvalue weighted by atomic mass is 16.6. The molecule has 142 valence electrons. The number of nitrogens with one attached hydrogen (secondary N) is 1. The van der Waals surface area contributed by atoms with Crippen molar-refractivity contribution >= 4 is 23.5 Å². The van der Waals surface area contributed by atoms with Crippen molar-refractivity contribution in [1.29, 1.82) is 0 Å². The summed E-state index contributed by atoms with van der Waals surface area (Å²) in [6.45, 7) is 3.16. The van der Waals surface area contributed by atoms with Crippen LogP contribution in [0, 0.1) is 0 Å². The van der Waals surface area contributed by atoms with Crippen LogP contribution in [0.1, 0.15) is 35.7 Å². The first kappa shape index (κ1) is 20.0. The predicted octanol–water partition coefficient (Wildman–Crippen LogP) is 2.47. The van der Waals surface area contributed by atoms with E-state index in [4.69, 9.17) is 15.2 Å². The molecule has 0 aromatic heterocycles. The number of rotatable bonds is 8. The SMILES string of the molecule is CC(C)c1ccccc1NC(=O)COC(=O)COc1ccccc1C(N)=O. The number of amides is 2. The molecule has 0 heterocycles. The van der Waals surface area contributed by atoms with Gasteiger partial charge in [0.25, 0.3) is 11.8 Å². The van der Waals surface area contributed by atoms with E-state index in [9.17, 15) is 14.4 Å². The van der Waals surface area contributed by atoms with E-state index in [0.717, 1.165) is 5.56 Å². The van der Waals surface area contributed by atoms with E-state index >= 15 is 0 Å². The van der Waals surface area contributed by atoms with Crippen LogP contribution in [0.2, 0.25) is 0 Å². The Morgan fingerprint density at radius 3 is 2.37 bits per heavy atom. The van der Waals surface area contributed by atoms with Crippen molar-refractivity contribution in [3.8, 4) is 5.75 Å². The molecule has 27 heavy (non-hydrogen) atoms. The first-order valence-electron chi connectivity index (χ1n) is 8.44. The molecule has 3 N–H and O–H groups in total. The number of esters is 1. The summed E-state index contributed by atoms with van der Waals surface area (Å²) in [7, 11) is 0. The number of primary amides is 1. The molecule has 0 aliphatic carbocycles. The zero-order valence-corrected chi connectivity index (χ0v) is 15.2. The molecule has 0 fully saturated rings. The maximum Gasteiger partial charge on any atom is 0.344 e. The van der Waals surface area contributed by atoms with Crippen molar-refractivity contribution in [2.24, 2.45) is 5.73 Å². The van der Waals surface area contributed by atoms with Crippen molar-refractivity contribution in [2.45, 2.75) is 19.8 Å². The summed E-state index contributed by atoms with van der Waals surface area (Å²) >= 11 is 0. The summed E-state index contributed by atoms with van der Waals surface area (Å²) in [6, 6.07) is 13.7. The molecule has 2 aromatic carbocycles. The molecule has 0 aliphatic rings. The highest BCUT2D eigenvalue weighted by Gasteiger charge is 2.13. The molecular formula is C20H22N2O5. The molecule has 7 heteroatoms. The molecule has 0 unspecified atom stereocenters. The molecule has 7 nitrogen and oxygen atoms in total. The molecule has 0 aliphatic heterocycles.